The fraction of sp³-hybridized carbons (Fsp3) is 0. The van der Waals surface area contributed by atoms with E-state index >= 15 is 0 Å². The van der Waals surface area contributed by atoms with Crippen molar-refractivity contribution in [3.05, 3.63) is 48.5 Å². The molecule has 1 heterocycles. The van der Waals surface area contributed by atoms with Gasteiger partial charge in [0.05, 0.1) is 6.26 Å². The molecule has 0 amide bonds. The number of halogens is 1. The fourth-order valence-corrected chi connectivity index (χ4v) is 1.75. The predicted octanol–water partition coefficient (Wildman–Crippen LogP) is 3.73. The Balaban J connectivity index is 2.60. The van der Waals surface area contributed by atoms with Gasteiger partial charge in [-0.2, -0.15) is 0 Å². The highest BCUT2D eigenvalue weighted by atomic mass is 19.1. The molecule has 0 aliphatic heterocycles. The van der Waals surface area contributed by atoms with Gasteiger partial charge >= 0.3 is 0 Å². The second kappa shape index (κ2) is 2.58. The van der Waals surface area contributed by atoms with Crippen molar-refractivity contribution in [1.82, 2.24) is 0 Å². The maximum atomic E-state index is 13.0. The molecule has 0 saturated heterocycles. The third-order valence-corrected chi connectivity index (χ3v) is 2.41. The van der Waals surface area contributed by atoms with Crippen molar-refractivity contribution >= 4 is 21.7 Å². The van der Waals surface area contributed by atoms with E-state index in [0.29, 0.717) is 0 Å². The van der Waals surface area contributed by atoms with Crippen LogP contribution in [-0.4, -0.2) is 0 Å². The second-order valence-electron chi connectivity index (χ2n) is 3.26. The molecule has 0 atom stereocenters. The lowest BCUT2D eigenvalue weighted by Gasteiger charge is -1.98. The van der Waals surface area contributed by atoms with E-state index in [1.807, 2.05) is 18.2 Å². The Morgan fingerprint density at radius 1 is 0.929 bits per heavy atom. The topological polar surface area (TPSA) is 13.1 Å². The van der Waals surface area contributed by atoms with Gasteiger partial charge in [-0.05, 0) is 35.0 Å². The minimum atomic E-state index is -0.216. The first-order chi connectivity index (χ1) is 6.84. The number of furan rings is 1. The van der Waals surface area contributed by atoms with Crippen molar-refractivity contribution in [3.8, 4) is 0 Å². The molecule has 2 heteroatoms. The van der Waals surface area contributed by atoms with Crippen LogP contribution in [0.2, 0.25) is 0 Å². The lowest BCUT2D eigenvalue weighted by molar-refractivity contribution is 0.616. The summed E-state index contributed by atoms with van der Waals surface area (Å²) in [6.45, 7) is 0. The summed E-state index contributed by atoms with van der Waals surface area (Å²) in [6, 6.07) is 10.5. The highest BCUT2D eigenvalue weighted by Gasteiger charge is 2.03. The minimum Gasteiger partial charge on any atom is -0.464 e. The molecule has 1 aromatic heterocycles. The molecular weight excluding hydrogens is 179 g/mol. The second-order valence-corrected chi connectivity index (χ2v) is 3.26. The van der Waals surface area contributed by atoms with Gasteiger partial charge in [-0.15, -0.1) is 0 Å². The standard InChI is InChI=1S/C12H7FO/c13-9-3-1-8-2-4-12-10(5-6-14-12)11(8)7-9/h1-7H. The maximum absolute atomic E-state index is 13.0. The van der Waals surface area contributed by atoms with Crippen molar-refractivity contribution in [3.63, 3.8) is 0 Å². The quantitative estimate of drug-likeness (QED) is 0.521. The molecular formula is C12H7FO. The molecule has 68 valence electrons. The predicted molar refractivity (Wildman–Crippen MR) is 53.7 cm³/mol. The van der Waals surface area contributed by atoms with Crippen LogP contribution in [0.5, 0.6) is 0 Å². The Hall–Kier alpha value is -1.83. The van der Waals surface area contributed by atoms with Crippen molar-refractivity contribution in [2.24, 2.45) is 0 Å². The van der Waals surface area contributed by atoms with E-state index in [4.69, 9.17) is 4.42 Å². The Morgan fingerprint density at radius 3 is 2.71 bits per heavy atom. The first-order valence-corrected chi connectivity index (χ1v) is 4.40. The monoisotopic (exact) mass is 186 g/mol. The Kier molecular flexibility index (Phi) is 1.39. The molecule has 0 bridgehead atoms. The zero-order valence-electron chi connectivity index (χ0n) is 7.33. The molecule has 0 aliphatic carbocycles. The van der Waals surface area contributed by atoms with Gasteiger partial charge in [-0.1, -0.05) is 12.1 Å². The normalized spacial score (nSPS) is 11.2. The van der Waals surface area contributed by atoms with Crippen LogP contribution in [0.3, 0.4) is 0 Å². The van der Waals surface area contributed by atoms with Crippen LogP contribution in [0, 0.1) is 5.82 Å². The summed E-state index contributed by atoms with van der Waals surface area (Å²) < 4.78 is 18.3. The van der Waals surface area contributed by atoms with Gasteiger partial charge in [-0.25, -0.2) is 4.39 Å². The van der Waals surface area contributed by atoms with E-state index in [9.17, 15) is 4.39 Å². The average Bonchev–Trinajstić information content (AvgIpc) is 2.65. The summed E-state index contributed by atoms with van der Waals surface area (Å²) in [5.41, 5.74) is 0.795. The van der Waals surface area contributed by atoms with Gasteiger partial charge in [0.25, 0.3) is 0 Å². The zero-order chi connectivity index (χ0) is 9.54. The van der Waals surface area contributed by atoms with E-state index in [1.165, 1.54) is 12.1 Å². The number of rotatable bonds is 0. The lowest BCUT2D eigenvalue weighted by atomic mass is 10.1. The number of hydrogen-bond donors (Lipinski definition) is 0. The lowest BCUT2D eigenvalue weighted by Crippen LogP contribution is -1.76. The van der Waals surface area contributed by atoms with Crippen LogP contribution >= 0.6 is 0 Å². The van der Waals surface area contributed by atoms with Crippen molar-refractivity contribution in [1.29, 1.82) is 0 Å². The number of fused-ring (bicyclic) bond motifs is 3. The van der Waals surface area contributed by atoms with Crippen LogP contribution in [0.25, 0.3) is 21.7 Å². The summed E-state index contributed by atoms with van der Waals surface area (Å²) in [6.07, 6.45) is 1.62. The van der Waals surface area contributed by atoms with Crippen LogP contribution in [0.1, 0.15) is 0 Å². The molecule has 0 N–H and O–H groups in total. The molecule has 1 nitrogen and oxygen atoms in total. The molecule has 0 spiro atoms. The number of hydrogen-bond acceptors (Lipinski definition) is 1. The first kappa shape index (κ1) is 7.56. The highest BCUT2D eigenvalue weighted by molar-refractivity contribution is 6.05. The average molecular weight is 186 g/mol. The Bertz CT molecular complexity index is 610. The summed E-state index contributed by atoms with van der Waals surface area (Å²) in [7, 11) is 0. The molecule has 0 unspecified atom stereocenters. The van der Waals surface area contributed by atoms with E-state index in [1.54, 1.807) is 12.3 Å². The largest absolute Gasteiger partial charge is 0.464 e. The third-order valence-electron chi connectivity index (χ3n) is 2.41. The van der Waals surface area contributed by atoms with E-state index in [0.717, 1.165) is 21.7 Å². The van der Waals surface area contributed by atoms with Crippen molar-refractivity contribution < 1.29 is 8.81 Å². The van der Waals surface area contributed by atoms with E-state index in [-0.39, 0.29) is 5.82 Å². The molecule has 3 rings (SSSR count). The highest BCUT2D eigenvalue weighted by Crippen LogP contribution is 2.26. The first-order valence-electron chi connectivity index (χ1n) is 4.40. The molecule has 14 heavy (non-hydrogen) atoms. The van der Waals surface area contributed by atoms with Crippen LogP contribution < -0.4 is 0 Å². The van der Waals surface area contributed by atoms with Crippen LogP contribution in [-0.2, 0) is 0 Å². The summed E-state index contributed by atoms with van der Waals surface area (Å²) in [5.74, 6) is -0.216. The van der Waals surface area contributed by atoms with Gasteiger partial charge in [0.1, 0.15) is 11.4 Å². The third kappa shape index (κ3) is 0.940. The fourth-order valence-electron chi connectivity index (χ4n) is 1.75. The molecule has 0 saturated carbocycles. The van der Waals surface area contributed by atoms with Gasteiger partial charge in [0, 0.05) is 5.39 Å². The van der Waals surface area contributed by atoms with Gasteiger partial charge in [0.2, 0.25) is 0 Å². The van der Waals surface area contributed by atoms with Crippen molar-refractivity contribution in [2.45, 2.75) is 0 Å². The van der Waals surface area contributed by atoms with E-state index < -0.39 is 0 Å². The maximum Gasteiger partial charge on any atom is 0.134 e. The minimum absolute atomic E-state index is 0.216. The van der Waals surface area contributed by atoms with Crippen LogP contribution in [0.15, 0.2) is 47.1 Å². The number of benzene rings is 2. The Labute approximate surface area is 79.8 Å². The summed E-state index contributed by atoms with van der Waals surface area (Å²) >= 11 is 0. The zero-order valence-corrected chi connectivity index (χ0v) is 7.33. The molecule has 2 aromatic carbocycles. The van der Waals surface area contributed by atoms with Crippen LogP contribution in [0.4, 0.5) is 4.39 Å². The molecule has 0 aliphatic rings. The SMILES string of the molecule is Fc1ccc2ccc3occc3c2c1. The van der Waals surface area contributed by atoms with Gasteiger partial charge in [0.15, 0.2) is 0 Å². The smallest absolute Gasteiger partial charge is 0.134 e. The van der Waals surface area contributed by atoms with Gasteiger partial charge < -0.3 is 4.42 Å². The van der Waals surface area contributed by atoms with Gasteiger partial charge in [-0.3, -0.25) is 0 Å². The summed E-state index contributed by atoms with van der Waals surface area (Å²) in [4.78, 5) is 0. The summed E-state index contributed by atoms with van der Waals surface area (Å²) in [5, 5.41) is 2.89. The van der Waals surface area contributed by atoms with Crippen molar-refractivity contribution in [2.75, 3.05) is 0 Å². The Morgan fingerprint density at radius 2 is 1.79 bits per heavy atom. The molecule has 0 fully saturated rings. The molecule has 3 aromatic rings. The molecule has 0 radical (unpaired) electrons. The van der Waals surface area contributed by atoms with E-state index in [2.05, 4.69) is 0 Å².